The van der Waals surface area contributed by atoms with Crippen molar-refractivity contribution >= 4 is 23.2 Å². The number of benzene rings is 1. The third-order valence-electron chi connectivity index (χ3n) is 4.99. The quantitative estimate of drug-likeness (QED) is 0.698. The molecule has 1 N–H and O–H groups in total. The Morgan fingerprint density at radius 2 is 2.10 bits per heavy atom. The molecule has 1 aliphatic heterocycles. The van der Waals surface area contributed by atoms with Crippen molar-refractivity contribution in [2.45, 2.75) is 32.0 Å². The lowest BCUT2D eigenvalue weighted by Crippen LogP contribution is -2.41. The molecule has 0 spiro atoms. The molecule has 0 radical (unpaired) electrons. The van der Waals surface area contributed by atoms with Gasteiger partial charge in [-0.25, -0.2) is 4.98 Å². The second-order valence-corrected chi connectivity index (χ2v) is 7.01. The van der Waals surface area contributed by atoms with Gasteiger partial charge < -0.3 is 15.0 Å². The van der Waals surface area contributed by atoms with E-state index >= 15 is 0 Å². The maximum Gasteiger partial charge on any atom is 0.433 e. The van der Waals surface area contributed by atoms with Crippen molar-refractivity contribution in [2.24, 2.45) is 0 Å². The summed E-state index contributed by atoms with van der Waals surface area (Å²) >= 11 is 0. The van der Waals surface area contributed by atoms with Crippen LogP contribution in [0.15, 0.2) is 30.6 Å². The molecular formula is C19H19F3N6O2. The molecule has 0 aliphatic carbocycles. The van der Waals surface area contributed by atoms with Crippen molar-refractivity contribution in [3.8, 4) is 5.75 Å². The zero-order valence-electron chi connectivity index (χ0n) is 16.3. The molecule has 158 valence electrons. The zero-order chi connectivity index (χ0) is 21.5. The Bertz CT molecular complexity index is 1100. The number of methoxy groups -OCH3 is 1. The van der Waals surface area contributed by atoms with E-state index in [2.05, 4.69) is 20.4 Å². The Balaban J connectivity index is 1.68. The molecule has 0 saturated carbocycles. The molecule has 1 amide bonds. The summed E-state index contributed by atoms with van der Waals surface area (Å²) in [5.74, 6) is 0.111. The number of ether oxygens (including phenoxy) is 1. The highest BCUT2D eigenvalue weighted by Crippen LogP contribution is 2.33. The molecule has 2 aromatic heterocycles. The normalized spacial score (nSPS) is 16.8. The highest BCUT2D eigenvalue weighted by atomic mass is 19.4. The molecule has 1 atom stereocenters. The van der Waals surface area contributed by atoms with Crippen molar-refractivity contribution in [1.82, 2.24) is 19.6 Å². The van der Waals surface area contributed by atoms with Crippen LogP contribution >= 0.6 is 0 Å². The van der Waals surface area contributed by atoms with E-state index in [1.807, 2.05) is 13.0 Å². The molecule has 1 unspecified atom stereocenters. The number of hydrogen-bond acceptors (Lipinski definition) is 6. The average molecular weight is 420 g/mol. The third-order valence-corrected chi connectivity index (χ3v) is 4.99. The van der Waals surface area contributed by atoms with Gasteiger partial charge in [0.05, 0.1) is 12.8 Å². The van der Waals surface area contributed by atoms with Gasteiger partial charge in [0.1, 0.15) is 23.9 Å². The van der Waals surface area contributed by atoms with Crippen molar-refractivity contribution in [1.29, 1.82) is 0 Å². The van der Waals surface area contributed by atoms with Crippen molar-refractivity contribution < 1.29 is 22.7 Å². The Hall–Kier alpha value is -3.37. The highest BCUT2D eigenvalue weighted by molar-refractivity contribution is 5.98. The first-order chi connectivity index (χ1) is 14.3. The number of hydrogen-bond donors (Lipinski definition) is 1. The van der Waals surface area contributed by atoms with E-state index in [1.165, 1.54) is 11.6 Å². The molecular weight excluding hydrogens is 401 g/mol. The number of alkyl halides is 3. The maximum absolute atomic E-state index is 13.3. The summed E-state index contributed by atoms with van der Waals surface area (Å²) in [5, 5.41) is 6.83. The lowest BCUT2D eigenvalue weighted by molar-refractivity contribution is -0.141. The van der Waals surface area contributed by atoms with Gasteiger partial charge in [-0.2, -0.15) is 27.8 Å². The Morgan fingerprint density at radius 1 is 1.30 bits per heavy atom. The minimum absolute atomic E-state index is 0.124. The molecule has 8 nitrogen and oxygen atoms in total. The topological polar surface area (TPSA) is 84.6 Å². The second-order valence-electron chi connectivity index (χ2n) is 7.01. The van der Waals surface area contributed by atoms with Gasteiger partial charge >= 0.3 is 6.18 Å². The standard InChI is InChI=1S/C19H19F3N6O2/c1-11-5-6-14(30-2)12(8-11)25-17(29)13-4-3-7-27(13)16-9-15(19(20,21)22)26-18-23-10-24-28(16)18/h5-6,8-10,13H,3-4,7H2,1-2H3,(H,25,29). The SMILES string of the molecule is COc1ccc(C)cc1NC(=O)C1CCCN1c1cc(C(F)(F)F)nc2ncnn12. The van der Waals surface area contributed by atoms with Crippen molar-refractivity contribution in [3.05, 3.63) is 41.9 Å². The summed E-state index contributed by atoms with van der Waals surface area (Å²) in [6.45, 7) is 2.29. The van der Waals surface area contributed by atoms with E-state index in [-0.39, 0.29) is 17.5 Å². The molecule has 4 rings (SSSR count). The number of aromatic nitrogens is 4. The van der Waals surface area contributed by atoms with Crippen LogP contribution in [0.5, 0.6) is 5.75 Å². The number of fused-ring (bicyclic) bond motifs is 1. The van der Waals surface area contributed by atoms with Gasteiger partial charge in [0.15, 0.2) is 5.69 Å². The number of anilines is 2. The number of rotatable bonds is 4. The van der Waals surface area contributed by atoms with Gasteiger partial charge in [-0.15, -0.1) is 0 Å². The molecule has 1 saturated heterocycles. The van der Waals surface area contributed by atoms with Gasteiger partial charge in [-0.05, 0) is 37.5 Å². The van der Waals surface area contributed by atoms with Crippen LogP contribution in [0, 0.1) is 6.92 Å². The van der Waals surface area contributed by atoms with Crippen LogP contribution in [0.25, 0.3) is 5.78 Å². The second kappa shape index (κ2) is 7.47. The summed E-state index contributed by atoms with van der Waals surface area (Å²) in [5.41, 5.74) is 0.359. The van der Waals surface area contributed by atoms with Gasteiger partial charge in [-0.3, -0.25) is 4.79 Å². The van der Waals surface area contributed by atoms with Crippen LogP contribution in [0.4, 0.5) is 24.7 Å². The maximum atomic E-state index is 13.3. The van der Waals surface area contributed by atoms with E-state index < -0.39 is 17.9 Å². The fourth-order valence-corrected chi connectivity index (χ4v) is 3.60. The lowest BCUT2D eigenvalue weighted by Gasteiger charge is -2.26. The number of nitrogens with zero attached hydrogens (tertiary/aromatic N) is 5. The number of nitrogens with one attached hydrogen (secondary N) is 1. The van der Waals surface area contributed by atoms with Crippen molar-refractivity contribution in [2.75, 3.05) is 23.9 Å². The molecule has 1 aromatic carbocycles. The predicted molar refractivity (Wildman–Crippen MR) is 103 cm³/mol. The van der Waals surface area contributed by atoms with Crippen LogP contribution in [0.3, 0.4) is 0 Å². The first-order valence-corrected chi connectivity index (χ1v) is 9.28. The van der Waals surface area contributed by atoms with Crippen LogP contribution < -0.4 is 15.0 Å². The summed E-state index contributed by atoms with van der Waals surface area (Å²) in [7, 11) is 1.50. The predicted octanol–water partition coefficient (Wildman–Crippen LogP) is 3.07. The summed E-state index contributed by atoms with van der Waals surface area (Å²) in [4.78, 5) is 22.0. The monoisotopic (exact) mass is 420 g/mol. The van der Waals surface area contributed by atoms with Gasteiger partial charge in [0, 0.05) is 12.6 Å². The van der Waals surface area contributed by atoms with Crippen LogP contribution in [-0.4, -0.2) is 45.2 Å². The molecule has 30 heavy (non-hydrogen) atoms. The third kappa shape index (κ3) is 3.62. The Morgan fingerprint density at radius 3 is 2.83 bits per heavy atom. The summed E-state index contributed by atoms with van der Waals surface area (Å²) in [6, 6.07) is 5.61. The summed E-state index contributed by atoms with van der Waals surface area (Å²) < 4.78 is 46.5. The van der Waals surface area contributed by atoms with E-state index in [0.29, 0.717) is 30.8 Å². The molecule has 3 aromatic rings. The Labute approximate surface area is 169 Å². The molecule has 0 bridgehead atoms. The molecule has 11 heteroatoms. The molecule has 1 fully saturated rings. The minimum atomic E-state index is -4.64. The highest BCUT2D eigenvalue weighted by Gasteiger charge is 2.37. The first-order valence-electron chi connectivity index (χ1n) is 9.28. The Kier molecular flexibility index (Phi) is 4.96. The number of carbonyl (C=O) groups is 1. The zero-order valence-corrected chi connectivity index (χ0v) is 16.3. The lowest BCUT2D eigenvalue weighted by atomic mass is 10.1. The first kappa shape index (κ1) is 19.9. The average Bonchev–Trinajstić information content (AvgIpc) is 3.36. The van der Waals surface area contributed by atoms with E-state index in [0.717, 1.165) is 18.0 Å². The van der Waals surface area contributed by atoms with Crippen LogP contribution in [0.1, 0.15) is 24.1 Å². The van der Waals surface area contributed by atoms with E-state index in [4.69, 9.17) is 4.74 Å². The number of aryl methyl sites for hydroxylation is 1. The van der Waals surface area contributed by atoms with Gasteiger partial charge in [-0.1, -0.05) is 6.07 Å². The van der Waals surface area contributed by atoms with Gasteiger partial charge in [0.25, 0.3) is 5.78 Å². The van der Waals surface area contributed by atoms with Crippen LogP contribution in [-0.2, 0) is 11.0 Å². The van der Waals surface area contributed by atoms with Crippen molar-refractivity contribution in [3.63, 3.8) is 0 Å². The fourth-order valence-electron chi connectivity index (χ4n) is 3.60. The largest absolute Gasteiger partial charge is 0.495 e. The molecule has 1 aliphatic rings. The number of halogens is 3. The number of amides is 1. The fraction of sp³-hybridized carbons (Fsp3) is 0.368. The smallest absolute Gasteiger partial charge is 0.433 e. The number of carbonyl (C=O) groups excluding carboxylic acids is 1. The molecule has 3 heterocycles. The minimum Gasteiger partial charge on any atom is -0.495 e. The van der Waals surface area contributed by atoms with E-state index in [1.54, 1.807) is 17.0 Å². The van der Waals surface area contributed by atoms with Gasteiger partial charge in [0.2, 0.25) is 5.91 Å². The summed E-state index contributed by atoms with van der Waals surface area (Å²) in [6.07, 6.45) is -2.38. The van der Waals surface area contributed by atoms with Crippen LogP contribution in [0.2, 0.25) is 0 Å². The van der Waals surface area contributed by atoms with E-state index in [9.17, 15) is 18.0 Å².